The highest BCUT2D eigenvalue weighted by Crippen LogP contribution is 2.36. The summed E-state index contributed by atoms with van der Waals surface area (Å²) < 4.78 is 11.2. The average Bonchev–Trinajstić information content (AvgIpc) is 3.49. The molecule has 9 heteroatoms. The number of rotatable bonds is 7. The summed E-state index contributed by atoms with van der Waals surface area (Å²) in [7, 11) is 1.58. The van der Waals surface area contributed by atoms with Gasteiger partial charge in [-0.15, -0.1) is 0 Å². The van der Waals surface area contributed by atoms with Gasteiger partial charge in [-0.05, 0) is 50.1 Å². The van der Waals surface area contributed by atoms with Gasteiger partial charge in [-0.25, -0.2) is 0 Å². The van der Waals surface area contributed by atoms with Crippen molar-refractivity contribution < 1.29 is 23.9 Å². The highest BCUT2D eigenvalue weighted by molar-refractivity contribution is 6.01. The lowest BCUT2D eigenvalue weighted by Gasteiger charge is -2.40. The predicted molar refractivity (Wildman–Crippen MR) is 140 cm³/mol. The molecule has 9 nitrogen and oxygen atoms in total. The van der Waals surface area contributed by atoms with Crippen molar-refractivity contribution in [2.45, 2.75) is 69.2 Å². The van der Waals surface area contributed by atoms with E-state index < -0.39 is 17.7 Å². The number of ether oxygens (including phenoxy) is 2. The second kappa shape index (κ2) is 11.1. The first kappa shape index (κ1) is 26.1. The minimum absolute atomic E-state index is 0.00165. The number of likely N-dealkylation sites (tertiary alicyclic amines) is 1. The van der Waals surface area contributed by atoms with E-state index in [1.807, 2.05) is 24.3 Å². The molecule has 37 heavy (non-hydrogen) atoms. The van der Waals surface area contributed by atoms with Crippen molar-refractivity contribution in [3.63, 3.8) is 0 Å². The normalized spacial score (nSPS) is 27.8. The molecule has 3 heterocycles. The van der Waals surface area contributed by atoms with Crippen molar-refractivity contribution in [1.29, 1.82) is 0 Å². The van der Waals surface area contributed by atoms with Gasteiger partial charge in [0, 0.05) is 44.5 Å². The van der Waals surface area contributed by atoms with Crippen LogP contribution in [-0.4, -0.2) is 104 Å². The monoisotopic (exact) mass is 512 g/mol. The predicted octanol–water partition coefficient (Wildman–Crippen LogP) is 1.85. The summed E-state index contributed by atoms with van der Waals surface area (Å²) in [6.45, 7) is 7.71. The maximum absolute atomic E-state index is 14.0. The zero-order valence-corrected chi connectivity index (χ0v) is 22.1. The first-order valence-corrected chi connectivity index (χ1v) is 13.8. The molecule has 2 amide bonds. The number of piperazine rings is 1. The molecule has 0 radical (unpaired) electrons. The Balaban J connectivity index is 1.29. The van der Waals surface area contributed by atoms with E-state index in [4.69, 9.17) is 9.47 Å². The molecule has 4 aliphatic rings. The lowest BCUT2D eigenvalue weighted by Crippen LogP contribution is -2.62. The SMILES string of the molecule is CCCN1CCN(c2ccc(C(=O)NC3(C(=O)N4C[C@H](OC)[C@H]5OCC(=O)[C@H]54)CCCCC3)cc2)CC1. The Labute approximate surface area is 219 Å². The van der Waals surface area contributed by atoms with Crippen molar-refractivity contribution in [3.05, 3.63) is 29.8 Å². The first-order chi connectivity index (χ1) is 18.0. The number of carbonyl (C=O) groups is 3. The number of anilines is 1. The molecule has 1 N–H and O–H groups in total. The van der Waals surface area contributed by atoms with Crippen LogP contribution in [0.4, 0.5) is 5.69 Å². The van der Waals surface area contributed by atoms with Gasteiger partial charge in [0.15, 0.2) is 5.78 Å². The largest absolute Gasteiger partial charge is 0.377 e. The fourth-order valence-electron chi connectivity index (χ4n) is 6.51. The summed E-state index contributed by atoms with van der Waals surface area (Å²) in [6, 6.07) is 7.08. The molecule has 3 atom stereocenters. The lowest BCUT2D eigenvalue weighted by atomic mass is 9.80. The Hall–Kier alpha value is -2.49. The van der Waals surface area contributed by atoms with Gasteiger partial charge in [0.05, 0.1) is 6.54 Å². The molecule has 1 aromatic rings. The van der Waals surface area contributed by atoms with Crippen molar-refractivity contribution in [2.24, 2.45) is 0 Å². The quantitative estimate of drug-likeness (QED) is 0.596. The van der Waals surface area contributed by atoms with Crippen LogP contribution in [0.1, 0.15) is 55.8 Å². The Bertz CT molecular complexity index is 985. The van der Waals surface area contributed by atoms with Gasteiger partial charge >= 0.3 is 0 Å². The molecule has 4 fully saturated rings. The third-order valence-corrected chi connectivity index (χ3v) is 8.58. The Morgan fingerprint density at radius 2 is 1.78 bits per heavy atom. The van der Waals surface area contributed by atoms with Crippen molar-refractivity contribution in [3.8, 4) is 0 Å². The van der Waals surface area contributed by atoms with E-state index in [9.17, 15) is 14.4 Å². The molecule has 1 saturated carbocycles. The van der Waals surface area contributed by atoms with Gasteiger partial charge in [0.25, 0.3) is 5.91 Å². The number of hydrogen-bond acceptors (Lipinski definition) is 7. The summed E-state index contributed by atoms with van der Waals surface area (Å²) >= 11 is 0. The lowest BCUT2D eigenvalue weighted by molar-refractivity contribution is -0.143. The number of carbonyl (C=O) groups excluding carboxylic acids is 3. The molecule has 1 aliphatic carbocycles. The number of nitrogens with one attached hydrogen (secondary N) is 1. The molecule has 5 rings (SSSR count). The first-order valence-electron chi connectivity index (χ1n) is 13.8. The zero-order chi connectivity index (χ0) is 26.0. The van der Waals surface area contributed by atoms with Crippen LogP contribution in [0.25, 0.3) is 0 Å². The van der Waals surface area contributed by atoms with Crippen molar-refractivity contribution in [2.75, 3.05) is 57.9 Å². The number of fused-ring (bicyclic) bond motifs is 1. The number of ketones is 1. The fraction of sp³-hybridized carbons (Fsp3) is 0.679. The Kier molecular flexibility index (Phi) is 7.83. The van der Waals surface area contributed by atoms with Crippen LogP contribution in [0.5, 0.6) is 0 Å². The molecular weight excluding hydrogens is 472 g/mol. The highest BCUT2D eigenvalue weighted by Gasteiger charge is 2.56. The van der Waals surface area contributed by atoms with E-state index >= 15 is 0 Å². The van der Waals surface area contributed by atoms with E-state index in [2.05, 4.69) is 22.0 Å². The van der Waals surface area contributed by atoms with Crippen LogP contribution in [0.15, 0.2) is 24.3 Å². The van der Waals surface area contributed by atoms with E-state index in [-0.39, 0.29) is 30.3 Å². The summed E-state index contributed by atoms with van der Waals surface area (Å²) in [4.78, 5) is 46.5. The Morgan fingerprint density at radius 3 is 2.43 bits per heavy atom. The third-order valence-electron chi connectivity index (χ3n) is 8.58. The summed E-state index contributed by atoms with van der Waals surface area (Å²) in [6.07, 6.45) is 4.27. The van der Waals surface area contributed by atoms with Crippen molar-refractivity contribution in [1.82, 2.24) is 15.1 Å². The summed E-state index contributed by atoms with van der Waals surface area (Å²) in [5.74, 6) is -0.528. The number of methoxy groups -OCH3 is 1. The van der Waals surface area contributed by atoms with Crippen LogP contribution in [-0.2, 0) is 19.1 Å². The highest BCUT2D eigenvalue weighted by atomic mass is 16.5. The van der Waals surface area contributed by atoms with Crippen molar-refractivity contribution >= 4 is 23.3 Å². The van der Waals surface area contributed by atoms with Crippen LogP contribution >= 0.6 is 0 Å². The van der Waals surface area contributed by atoms with E-state index in [1.165, 1.54) is 6.42 Å². The fourth-order valence-corrected chi connectivity index (χ4v) is 6.51. The summed E-state index contributed by atoms with van der Waals surface area (Å²) in [5, 5.41) is 3.13. The van der Waals surface area contributed by atoms with E-state index in [0.29, 0.717) is 24.9 Å². The standard InChI is InChI=1S/C28H40N4O5/c1-3-13-30-14-16-31(17-15-30)21-9-7-20(8-10-21)26(34)29-28(11-5-4-6-12-28)27(35)32-18-23(36-2)25-24(32)22(33)19-37-25/h7-10,23-25H,3-6,11-19H2,1-2H3,(H,29,34)/t23-,24+,25+/m0/s1. The molecule has 0 spiro atoms. The molecule has 0 aromatic heterocycles. The smallest absolute Gasteiger partial charge is 0.252 e. The third kappa shape index (κ3) is 5.13. The molecule has 0 bridgehead atoms. The molecule has 3 saturated heterocycles. The minimum atomic E-state index is -1.01. The number of nitrogens with zero attached hydrogens (tertiary/aromatic N) is 3. The van der Waals surface area contributed by atoms with E-state index in [0.717, 1.165) is 57.7 Å². The topological polar surface area (TPSA) is 91.4 Å². The number of hydrogen-bond donors (Lipinski definition) is 1. The second-order valence-corrected chi connectivity index (χ2v) is 10.9. The van der Waals surface area contributed by atoms with Crippen LogP contribution < -0.4 is 10.2 Å². The molecule has 202 valence electrons. The maximum atomic E-state index is 14.0. The maximum Gasteiger partial charge on any atom is 0.252 e. The number of amides is 2. The molecule has 1 aromatic carbocycles. The summed E-state index contributed by atoms with van der Waals surface area (Å²) in [5.41, 5.74) is 0.643. The van der Waals surface area contributed by atoms with Crippen LogP contribution in [0, 0.1) is 0 Å². The average molecular weight is 513 g/mol. The molecular formula is C28H40N4O5. The second-order valence-electron chi connectivity index (χ2n) is 10.9. The van der Waals surface area contributed by atoms with Gasteiger partial charge in [-0.3, -0.25) is 19.3 Å². The van der Waals surface area contributed by atoms with E-state index in [1.54, 1.807) is 12.0 Å². The minimum Gasteiger partial charge on any atom is -0.377 e. The molecule has 3 aliphatic heterocycles. The number of benzene rings is 1. The van der Waals surface area contributed by atoms with Gasteiger partial charge in [-0.1, -0.05) is 26.2 Å². The van der Waals surface area contributed by atoms with Crippen LogP contribution in [0.3, 0.4) is 0 Å². The van der Waals surface area contributed by atoms with Gasteiger partial charge in [-0.2, -0.15) is 0 Å². The van der Waals surface area contributed by atoms with Gasteiger partial charge < -0.3 is 24.6 Å². The van der Waals surface area contributed by atoms with Crippen LogP contribution in [0.2, 0.25) is 0 Å². The molecule has 0 unspecified atom stereocenters. The van der Waals surface area contributed by atoms with Gasteiger partial charge in [0.2, 0.25) is 5.91 Å². The van der Waals surface area contributed by atoms with Gasteiger partial charge in [0.1, 0.15) is 30.4 Å². The number of Topliss-reactive ketones (excluding diaryl/α,β-unsaturated/α-hetero) is 1. The zero-order valence-electron chi connectivity index (χ0n) is 22.1. The Morgan fingerprint density at radius 1 is 1.08 bits per heavy atom.